The fourth-order valence-corrected chi connectivity index (χ4v) is 2.87. The summed E-state index contributed by atoms with van der Waals surface area (Å²) in [4.78, 5) is 0. The summed E-state index contributed by atoms with van der Waals surface area (Å²) >= 11 is 1.66. The highest BCUT2D eigenvalue weighted by molar-refractivity contribution is 7.08. The van der Waals surface area contributed by atoms with Crippen LogP contribution in [0.1, 0.15) is 28.3 Å². The molecule has 0 saturated heterocycles. The van der Waals surface area contributed by atoms with Crippen LogP contribution in [0.2, 0.25) is 0 Å². The van der Waals surface area contributed by atoms with E-state index >= 15 is 0 Å². The van der Waals surface area contributed by atoms with Crippen LogP contribution in [-0.4, -0.2) is 0 Å². The lowest BCUT2D eigenvalue weighted by Crippen LogP contribution is -2.14. The maximum atomic E-state index is 13.2. The maximum absolute atomic E-state index is 13.2. The van der Waals surface area contributed by atoms with Gasteiger partial charge in [-0.05, 0) is 65.4 Å². The highest BCUT2D eigenvalue weighted by Crippen LogP contribution is 2.24. The second-order valence-corrected chi connectivity index (χ2v) is 5.14. The third kappa shape index (κ3) is 2.73. The molecule has 0 aliphatic rings. The predicted octanol–water partition coefficient (Wildman–Crippen LogP) is 3.75. The summed E-state index contributed by atoms with van der Waals surface area (Å²) < 4.78 is 13.2. The predicted molar refractivity (Wildman–Crippen MR) is 70.8 cm³/mol. The molecule has 1 aromatic heterocycles. The monoisotopic (exact) mass is 249 g/mol. The zero-order chi connectivity index (χ0) is 12.4. The Balaban J connectivity index is 2.21. The summed E-state index contributed by atoms with van der Waals surface area (Å²) in [6.45, 7) is 4.05. The van der Waals surface area contributed by atoms with Crippen molar-refractivity contribution >= 4 is 11.3 Å². The van der Waals surface area contributed by atoms with Crippen molar-refractivity contribution < 1.29 is 4.39 Å². The van der Waals surface area contributed by atoms with E-state index in [1.165, 1.54) is 17.2 Å². The van der Waals surface area contributed by atoms with Crippen molar-refractivity contribution in [2.45, 2.75) is 26.3 Å². The van der Waals surface area contributed by atoms with Gasteiger partial charge in [-0.25, -0.2) is 4.39 Å². The molecule has 1 atom stereocenters. The summed E-state index contributed by atoms with van der Waals surface area (Å²) in [6, 6.07) is 4.82. The third-order valence-corrected chi connectivity index (χ3v) is 3.93. The Morgan fingerprint density at radius 1 is 1.24 bits per heavy atom. The molecule has 0 bridgehead atoms. The number of thiophene rings is 1. The van der Waals surface area contributed by atoms with Gasteiger partial charge in [-0.1, -0.05) is 6.07 Å². The molecule has 0 fully saturated rings. The summed E-state index contributed by atoms with van der Waals surface area (Å²) in [7, 11) is 0. The number of hydrogen-bond acceptors (Lipinski definition) is 2. The second-order valence-electron chi connectivity index (χ2n) is 4.39. The Morgan fingerprint density at radius 2 is 2.00 bits per heavy atom. The van der Waals surface area contributed by atoms with E-state index in [0.717, 1.165) is 11.1 Å². The molecule has 0 radical (unpaired) electrons. The third-order valence-electron chi connectivity index (χ3n) is 3.05. The van der Waals surface area contributed by atoms with Crippen molar-refractivity contribution in [1.82, 2.24) is 0 Å². The van der Waals surface area contributed by atoms with Gasteiger partial charge < -0.3 is 5.73 Å². The Bertz CT molecular complexity index is 519. The summed E-state index contributed by atoms with van der Waals surface area (Å²) in [5.41, 5.74) is 10.6. The molecule has 2 rings (SSSR count). The van der Waals surface area contributed by atoms with Gasteiger partial charge >= 0.3 is 0 Å². The number of rotatable bonds is 3. The van der Waals surface area contributed by atoms with E-state index in [2.05, 4.69) is 17.7 Å². The molecule has 0 aliphatic carbocycles. The lowest BCUT2D eigenvalue weighted by molar-refractivity contribution is 0.621. The number of hydrogen-bond donors (Lipinski definition) is 1. The first-order chi connectivity index (χ1) is 8.08. The normalized spacial score (nSPS) is 12.7. The molecule has 2 aromatic rings. The molecular weight excluding hydrogens is 233 g/mol. The van der Waals surface area contributed by atoms with Crippen molar-refractivity contribution in [3.05, 3.63) is 57.0 Å². The van der Waals surface area contributed by atoms with Crippen LogP contribution in [0.3, 0.4) is 0 Å². The molecule has 0 saturated carbocycles. The average Bonchev–Trinajstić information content (AvgIpc) is 2.70. The molecule has 0 spiro atoms. The van der Waals surface area contributed by atoms with Gasteiger partial charge in [-0.3, -0.25) is 0 Å². The largest absolute Gasteiger partial charge is 0.324 e. The van der Waals surface area contributed by atoms with Crippen LogP contribution in [-0.2, 0) is 6.42 Å². The van der Waals surface area contributed by atoms with Crippen LogP contribution in [0.4, 0.5) is 4.39 Å². The SMILES string of the molecule is Cc1ccc(F)cc1CC(N)c1cscc1C. The van der Waals surface area contributed by atoms with Crippen molar-refractivity contribution in [3.63, 3.8) is 0 Å². The van der Waals surface area contributed by atoms with Gasteiger partial charge in [-0.15, -0.1) is 0 Å². The molecule has 0 amide bonds. The fraction of sp³-hybridized carbons (Fsp3) is 0.286. The van der Waals surface area contributed by atoms with Crippen LogP contribution in [0.15, 0.2) is 29.0 Å². The van der Waals surface area contributed by atoms with Crippen LogP contribution in [0.5, 0.6) is 0 Å². The van der Waals surface area contributed by atoms with Gasteiger partial charge in [0.1, 0.15) is 5.82 Å². The Morgan fingerprint density at radius 3 is 2.65 bits per heavy atom. The minimum atomic E-state index is -0.195. The minimum Gasteiger partial charge on any atom is -0.324 e. The second kappa shape index (κ2) is 4.98. The first-order valence-electron chi connectivity index (χ1n) is 5.61. The van der Waals surface area contributed by atoms with Gasteiger partial charge in [-0.2, -0.15) is 11.3 Å². The van der Waals surface area contributed by atoms with Crippen LogP contribution in [0.25, 0.3) is 0 Å². The molecule has 0 aliphatic heterocycles. The van der Waals surface area contributed by atoms with Gasteiger partial charge in [0.15, 0.2) is 0 Å². The molecule has 90 valence electrons. The van der Waals surface area contributed by atoms with Crippen molar-refractivity contribution in [3.8, 4) is 0 Å². The van der Waals surface area contributed by atoms with Gasteiger partial charge in [0.05, 0.1) is 0 Å². The molecule has 3 heteroatoms. The molecule has 2 N–H and O–H groups in total. The van der Waals surface area contributed by atoms with E-state index in [0.29, 0.717) is 6.42 Å². The topological polar surface area (TPSA) is 26.0 Å². The van der Waals surface area contributed by atoms with Crippen molar-refractivity contribution in [1.29, 1.82) is 0 Å². The zero-order valence-corrected chi connectivity index (χ0v) is 10.9. The highest BCUT2D eigenvalue weighted by atomic mass is 32.1. The van der Waals surface area contributed by atoms with Gasteiger partial charge in [0.2, 0.25) is 0 Å². The fourth-order valence-electron chi connectivity index (χ4n) is 1.96. The summed E-state index contributed by atoms with van der Waals surface area (Å²) in [5, 5.41) is 4.17. The van der Waals surface area contributed by atoms with E-state index in [9.17, 15) is 4.39 Å². The van der Waals surface area contributed by atoms with E-state index in [-0.39, 0.29) is 11.9 Å². The molecular formula is C14H16FNS. The maximum Gasteiger partial charge on any atom is 0.123 e. The lowest BCUT2D eigenvalue weighted by Gasteiger charge is -2.13. The Kier molecular flexibility index (Phi) is 3.60. The molecule has 17 heavy (non-hydrogen) atoms. The minimum absolute atomic E-state index is 0.0539. The van der Waals surface area contributed by atoms with Crippen molar-refractivity contribution in [2.24, 2.45) is 5.73 Å². The summed E-state index contributed by atoms with van der Waals surface area (Å²) in [6.07, 6.45) is 0.682. The van der Waals surface area contributed by atoms with Crippen LogP contribution in [0, 0.1) is 19.7 Å². The van der Waals surface area contributed by atoms with E-state index in [1.807, 2.05) is 6.92 Å². The quantitative estimate of drug-likeness (QED) is 0.881. The Labute approximate surface area is 105 Å². The van der Waals surface area contributed by atoms with Crippen molar-refractivity contribution in [2.75, 3.05) is 0 Å². The smallest absolute Gasteiger partial charge is 0.123 e. The standard InChI is InChI=1S/C14H16FNS/c1-9-3-4-12(15)5-11(9)6-14(16)13-8-17-7-10(13)2/h3-5,7-8,14H,6,16H2,1-2H3. The van der Waals surface area contributed by atoms with Crippen LogP contribution < -0.4 is 5.73 Å². The summed E-state index contributed by atoms with van der Waals surface area (Å²) in [5.74, 6) is -0.195. The first kappa shape index (κ1) is 12.3. The first-order valence-corrected chi connectivity index (χ1v) is 6.55. The van der Waals surface area contributed by atoms with Crippen LogP contribution >= 0.6 is 11.3 Å². The highest BCUT2D eigenvalue weighted by Gasteiger charge is 2.12. The Hall–Kier alpha value is -1.19. The number of nitrogens with two attached hydrogens (primary N) is 1. The number of benzene rings is 1. The zero-order valence-electron chi connectivity index (χ0n) is 10.0. The lowest BCUT2D eigenvalue weighted by atomic mass is 9.96. The van der Waals surface area contributed by atoms with Gasteiger partial charge in [0.25, 0.3) is 0 Å². The van der Waals surface area contributed by atoms with E-state index < -0.39 is 0 Å². The molecule has 1 heterocycles. The molecule has 1 aromatic carbocycles. The van der Waals surface area contributed by atoms with E-state index in [4.69, 9.17) is 5.73 Å². The molecule has 1 unspecified atom stereocenters. The average molecular weight is 249 g/mol. The van der Waals surface area contributed by atoms with Gasteiger partial charge in [0, 0.05) is 6.04 Å². The molecule has 1 nitrogen and oxygen atoms in total. The number of aryl methyl sites for hydroxylation is 2. The number of halogens is 1. The van der Waals surface area contributed by atoms with E-state index in [1.54, 1.807) is 23.5 Å².